The lowest BCUT2D eigenvalue weighted by molar-refractivity contribution is 0.181. The molecule has 1 rings (SSSR count). The van der Waals surface area contributed by atoms with Crippen molar-refractivity contribution in [2.45, 2.75) is 32.4 Å². The Morgan fingerprint density at radius 3 is 2.87 bits per heavy atom. The number of phenols is 1. The Bertz CT molecular complexity index is 287. The molecule has 15 heavy (non-hydrogen) atoms. The summed E-state index contributed by atoms with van der Waals surface area (Å²) in [4.78, 5) is 0. The van der Waals surface area contributed by atoms with Gasteiger partial charge in [-0.2, -0.15) is 0 Å². The fraction of sp³-hybridized carbons (Fsp3) is 0.500. The van der Waals surface area contributed by atoms with Gasteiger partial charge < -0.3 is 15.5 Å². The summed E-state index contributed by atoms with van der Waals surface area (Å²) >= 11 is 0. The Morgan fingerprint density at radius 1 is 1.40 bits per heavy atom. The summed E-state index contributed by atoms with van der Waals surface area (Å²) in [6.07, 6.45) is 1.58. The molecule has 1 atom stereocenters. The maximum Gasteiger partial charge on any atom is 0.115 e. The third kappa shape index (κ3) is 5.40. The highest BCUT2D eigenvalue weighted by Gasteiger charge is 1.96. The molecule has 0 aromatic heterocycles. The molecular weight excluding hydrogens is 190 g/mol. The van der Waals surface area contributed by atoms with Gasteiger partial charge in [0, 0.05) is 6.54 Å². The number of hydrogen-bond acceptors (Lipinski definition) is 3. The van der Waals surface area contributed by atoms with E-state index in [4.69, 9.17) is 5.11 Å². The van der Waals surface area contributed by atoms with Crippen LogP contribution in [0.2, 0.25) is 0 Å². The van der Waals surface area contributed by atoms with Crippen molar-refractivity contribution in [1.29, 1.82) is 0 Å². The molecule has 0 saturated heterocycles. The first-order valence-corrected chi connectivity index (χ1v) is 5.35. The van der Waals surface area contributed by atoms with Gasteiger partial charge in [-0.05, 0) is 44.0 Å². The predicted octanol–water partition coefficient (Wildman–Crippen LogP) is 1.64. The number of hydrogen-bond donors (Lipinski definition) is 3. The van der Waals surface area contributed by atoms with Gasteiger partial charge in [-0.1, -0.05) is 12.1 Å². The van der Waals surface area contributed by atoms with Gasteiger partial charge in [-0.25, -0.2) is 0 Å². The van der Waals surface area contributed by atoms with Crippen LogP contribution in [0.1, 0.15) is 25.3 Å². The number of benzene rings is 1. The van der Waals surface area contributed by atoms with Gasteiger partial charge in [0.2, 0.25) is 0 Å². The average molecular weight is 209 g/mol. The highest BCUT2D eigenvalue weighted by Crippen LogP contribution is 2.10. The first-order valence-electron chi connectivity index (χ1n) is 5.35. The van der Waals surface area contributed by atoms with Crippen molar-refractivity contribution in [1.82, 2.24) is 5.32 Å². The van der Waals surface area contributed by atoms with Gasteiger partial charge in [-0.15, -0.1) is 0 Å². The standard InChI is InChI=1S/C12H19NO2/c1-10(14)4-3-7-13-9-11-5-2-6-12(15)8-11/h2,5-6,8,10,13-15H,3-4,7,9H2,1H3. The van der Waals surface area contributed by atoms with E-state index in [9.17, 15) is 5.11 Å². The van der Waals surface area contributed by atoms with E-state index in [1.165, 1.54) is 0 Å². The molecule has 0 aliphatic heterocycles. The molecule has 3 heteroatoms. The lowest BCUT2D eigenvalue weighted by Gasteiger charge is -2.06. The molecule has 84 valence electrons. The van der Waals surface area contributed by atoms with Crippen LogP contribution in [0.15, 0.2) is 24.3 Å². The van der Waals surface area contributed by atoms with Crippen LogP contribution in [-0.4, -0.2) is 22.9 Å². The van der Waals surface area contributed by atoms with Crippen molar-refractivity contribution >= 4 is 0 Å². The van der Waals surface area contributed by atoms with E-state index in [1.807, 2.05) is 12.1 Å². The molecule has 0 heterocycles. The third-order valence-electron chi connectivity index (χ3n) is 2.22. The van der Waals surface area contributed by atoms with E-state index in [2.05, 4.69) is 5.32 Å². The van der Waals surface area contributed by atoms with Crippen LogP contribution in [0.5, 0.6) is 5.75 Å². The highest BCUT2D eigenvalue weighted by atomic mass is 16.3. The Labute approximate surface area is 90.8 Å². The minimum Gasteiger partial charge on any atom is -0.508 e. The van der Waals surface area contributed by atoms with Gasteiger partial charge in [-0.3, -0.25) is 0 Å². The third-order valence-corrected chi connectivity index (χ3v) is 2.22. The van der Waals surface area contributed by atoms with E-state index in [0.29, 0.717) is 5.75 Å². The fourth-order valence-corrected chi connectivity index (χ4v) is 1.42. The molecule has 3 N–H and O–H groups in total. The van der Waals surface area contributed by atoms with Crippen LogP contribution in [0.3, 0.4) is 0 Å². The molecule has 0 saturated carbocycles. The van der Waals surface area contributed by atoms with Crippen molar-refractivity contribution in [2.24, 2.45) is 0 Å². The molecule has 0 bridgehead atoms. The molecule has 0 radical (unpaired) electrons. The fourth-order valence-electron chi connectivity index (χ4n) is 1.42. The summed E-state index contributed by atoms with van der Waals surface area (Å²) in [5, 5.41) is 21.5. The van der Waals surface area contributed by atoms with Crippen LogP contribution in [0.4, 0.5) is 0 Å². The maximum atomic E-state index is 9.23. The van der Waals surface area contributed by atoms with E-state index in [-0.39, 0.29) is 6.10 Å². The highest BCUT2D eigenvalue weighted by molar-refractivity contribution is 5.26. The second-order valence-electron chi connectivity index (χ2n) is 3.84. The Hall–Kier alpha value is -1.06. The summed E-state index contributed by atoms with van der Waals surface area (Å²) in [7, 11) is 0. The predicted molar refractivity (Wildman–Crippen MR) is 60.7 cm³/mol. The zero-order valence-corrected chi connectivity index (χ0v) is 9.11. The first-order chi connectivity index (χ1) is 7.18. The van der Waals surface area contributed by atoms with Crippen molar-refractivity contribution < 1.29 is 10.2 Å². The lowest BCUT2D eigenvalue weighted by Crippen LogP contribution is -2.16. The zero-order chi connectivity index (χ0) is 11.1. The summed E-state index contributed by atoms with van der Waals surface area (Å²) in [6, 6.07) is 7.22. The van der Waals surface area contributed by atoms with E-state index in [0.717, 1.165) is 31.5 Å². The molecule has 1 unspecified atom stereocenters. The number of aliphatic hydroxyl groups is 1. The van der Waals surface area contributed by atoms with Crippen LogP contribution >= 0.6 is 0 Å². The van der Waals surface area contributed by atoms with Gasteiger partial charge >= 0.3 is 0 Å². The van der Waals surface area contributed by atoms with Crippen molar-refractivity contribution in [2.75, 3.05) is 6.54 Å². The zero-order valence-electron chi connectivity index (χ0n) is 9.11. The monoisotopic (exact) mass is 209 g/mol. The minimum absolute atomic E-state index is 0.215. The van der Waals surface area contributed by atoms with Crippen molar-refractivity contribution in [3.05, 3.63) is 29.8 Å². The SMILES string of the molecule is CC(O)CCCNCc1cccc(O)c1. The van der Waals surface area contributed by atoms with Crippen LogP contribution < -0.4 is 5.32 Å². The Morgan fingerprint density at radius 2 is 2.20 bits per heavy atom. The van der Waals surface area contributed by atoms with Crippen LogP contribution in [-0.2, 0) is 6.54 Å². The van der Waals surface area contributed by atoms with Gasteiger partial charge in [0.1, 0.15) is 5.75 Å². The van der Waals surface area contributed by atoms with E-state index >= 15 is 0 Å². The summed E-state index contributed by atoms with van der Waals surface area (Å²) in [6.45, 7) is 3.45. The van der Waals surface area contributed by atoms with Gasteiger partial charge in [0.15, 0.2) is 0 Å². The van der Waals surface area contributed by atoms with Crippen LogP contribution in [0.25, 0.3) is 0 Å². The second kappa shape index (κ2) is 6.43. The largest absolute Gasteiger partial charge is 0.508 e. The lowest BCUT2D eigenvalue weighted by atomic mass is 10.2. The molecule has 0 aliphatic carbocycles. The first kappa shape index (κ1) is 12.0. The van der Waals surface area contributed by atoms with Crippen LogP contribution in [0, 0.1) is 0 Å². The van der Waals surface area contributed by atoms with Crippen molar-refractivity contribution in [3.63, 3.8) is 0 Å². The molecule has 1 aromatic carbocycles. The summed E-state index contributed by atoms with van der Waals surface area (Å²) in [5.41, 5.74) is 1.08. The maximum absolute atomic E-state index is 9.23. The number of aromatic hydroxyl groups is 1. The average Bonchev–Trinajstić information content (AvgIpc) is 2.17. The molecule has 0 aliphatic rings. The number of rotatable bonds is 6. The Balaban J connectivity index is 2.15. The molecule has 0 spiro atoms. The summed E-state index contributed by atoms with van der Waals surface area (Å²) in [5.74, 6) is 0.304. The Kier molecular flexibility index (Phi) is 5.15. The quantitative estimate of drug-likeness (QED) is 0.624. The topological polar surface area (TPSA) is 52.5 Å². The van der Waals surface area contributed by atoms with Crippen molar-refractivity contribution in [3.8, 4) is 5.75 Å². The van der Waals surface area contributed by atoms with E-state index < -0.39 is 0 Å². The number of nitrogens with one attached hydrogen (secondary N) is 1. The van der Waals surface area contributed by atoms with E-state index in [1.54, 1.807) is 19.1 Å². The normalized spacial score (nSPS) is 12.7. The number of phenolic OH excluding ortho intramolecular Hbond substituents is 1. The second-order valence-corrected chi connectivity index (χ2v) is 3.84. The molecule has 3 nitrogen and oxygen atoms in total. The molecular formula is C12H19NO2. The molecule has 1 aromatic rings. The number of aliphatic hydroxyl groups excluding tert-OH is 1. The van der Waals surface area contributed by atoms with Gasteiger partial charge in [0.25, 0.3) is 0 Å². The molecule has 0 amide bonds. The molecule has 0 fully saturated rings. The smallest absolute Gasteiger partial charge is 0.115 e. The minimum atomic E-state index is -0.215. The van der Waals surface area contributed by atoms with Gasteiger partial charge in [0.05, 0.1) is 6.10 Å². The summed E-state index contributed by atoms with van der Waals surface area (Å²) < 4.78 is 0.